The van der Waals surface area contributed by atoms with E-state index >= 15 is 0 Å². The molecule has 0 amide bonds. The second kappa shape index (κ2) is 9.02. The van der Waals surface area contributed by atoms with Gasteiger partial charge in [0.05, 0.1) is 31.3 Å². The van der Waals surface area contributed by atoms with E-state index in [1.807, 2.05) is 36.4 Å². The average molecular weight is 319 g/mol. The van der Waals surface area contributed by atoms with Crippen molar-refractivity contribution in [3.05, 3.63) is 71.8 Å². The minimum Gasteiger partial charge on any atom is -0.545 e. The van der Waals surface area contributed by atoms with Gasteiger partial charge >= 0.3 is 18.9 Å². The first-order valence-corrected chi connectivity index (χ1v) is 7.54. The molecule has 0 aromatic heterocycles. The summed E-state index contributed by atoms with van der Waals surface area (Å²) in [6, 6.07) is 20.0. The molecule has 0 spiro atoms. The van der Waals surface area contributed by atoms with Gasteiger partial charge < -0.3 is 19.4 Å². The van der Waals surface area contributed by atoms with Crippen LogP contribution in [0.2, 0.25) is 0 Å². The molecule has 1 fully saturated rings. The molecule has 1 aliphatic heterocycles. The van der Waals surface area contributed by atoms with Gasteiger partial charge in [-0.1, -0.05) is 60.7 Å². The predicted octanol–water partition coefficient (Wildman–Crippen LogP) is -2.14. The standard InChI is InChI=1S/C18H19NO4.Li/c20-17(21)18-22-11-15(12-23-18)19-16(13-7-3-1-4-8-13)14-9-5-2-6-10-14;/h1-10,15-16,18-19H,11-12H2,(H,20,21);/q;+1/p-1/t15-,18-;. The van der Waals surface area contributed by atoms with Crippen molar-refractivity contribution in [2.75, 3.05) is 13.2 Å². The Kier molecular flexibility index (Phi) is 7.04. The van der Waals surface area contributed by atoms with E-state index in [9.17, 15) is 9.90 Å². The minimum atomic E-state index is -1.34. The van der Waals surface area contributed by atoms with Gasteiger partial charge in [-0.2, -0.15) is 0 Å². The molecule has 6 heteroatoms. The van der Waals surface area contributed by atoms with Crippen molar-refractivity contribution in [3.63, 3.8) is 0 Å². The van der Waals surface area contributed by atoms with Gasteiger partial charge in [0.25, 0.3) is 0 Å². The number of ether oxygens (including phenoxy) is 2. The Morgan fingerprint density at radius 1 is 0.958 bits per heavy atom. The number of hydrogen-bond donors (Lipinski definition) is 1. The molecule has 1 saturated heterocycles. The molecule has 1 N–H and O–H groups in total. The van der Waals surface area contributed by atoms with Crippen LogP contribution in [-0.2, 0) is 14.3 Å². The molecule has 0 aliphatic carbocycles. The molecule has 5 nitrogen and oxygen atoms in total. The van der Waals surface area contributed by atoms with Gasteiger partial charge in [-0.3, -0.25) is 5.32 Å². The number of carboxylic acid groups (broad SMARTS) is 1. The van der Waals surface area contributed by atoms with Crippen molar-refractivity contribution < 1.29 is 38.2 Å². The fraction of sp³-hybridized carbons (Fsp3) is 0.278. The maximum atomic E-state index is 10.7. The van der Waals surface area contributed by atoms with Gasteiger partial charge in [-0.25, -0.2) is 0 Å². The number of hydrogen-bond acceptors (Lipinski definition) is 5. The van der Waals surface area contributed by atoms with E-state index in [0.717, 1.165) is 11.1 Å². The van der Waals surface area contributed by atoms with Crippen LogP contribution in [0.25, 0.3) is 0 Å². The zero-order valence-corrected chi connectivity index (χ0v) is 13.6. The number of carbonyl (C=O) groups excluding carboxylic acids is 1. The van der Waals surface area contributed by atoms with Gasteiger partial charge in [0, 0.05) is 0 Å². The van der Waals surface area contributed by atoms with E-state index in [1.54, 1.807) is 0 Å². The first-order chi connectivity index (χ1) is 11.2. The van der Waals surface area contributed by atoms with Gasteiger partial charge in [-0.05, 0) is 11.1 Å². The van der Waals surface area contributed by atoms with Gasteiger partial charge in [0.15, 0.2) is 6.29 Å². The third-order valence-corrected chi connectivity index (χ3v) is 3.76. The van der Waals surface area contributed by atoms with Crippen LogP contribution in [0.5, 0.6) is 0 Å². The summed E-state index contributed by atoms with van der Waals surface area (Å²) >= 11 is 0. The molecule has 0 bridgehead atoms. The molecule has 0 unspecified atom stereocenters. The quantitative estimate of drug-likeness (QED) is 0.637. The summed E-state index contributed by atoms with van der Waals surface area (Å²) in [5.41, 5.74) is 2.25. The van der Waals surface area contributed by atoms with E-state index in [1.165, 1.54) is 0 Å². The third-order valence-electron chi connectivity index (χ3n) is 3.76. The van der Waals surface area contributed by atoms with Crippen LogP contribution in [0.15, 0.2) is 60.7 Å². The Bertz CT molecular complexity index is 590. The number of benzene rings is 2. The summed E-state index contributed by atoms with van der Waals surface area (Å²) < 4.78 is 10.4. The van der Waals surface area contributed by atoms with Crippen LogP contribution in [0.3, 0.4) is 0 Å². The molecule has 0 atom stereocenters. The van der Waals surface area contributed by atoms with Crippen molar-refractivity contribution in [3.8, 4) is 0 Å². The number of carboxylic acids is 1. The fourth-order valence-corrected chi connectivity index (χ4v) is 2.65. The van der Waals surface area contributed by atoms with E-state index in [-0.39, 0.29) is 44.2 Å². The summed E-state index contributed by atoms with van der Waals surface area (Å²) in [4.78, 5) is 10.7. The van der Waals surface area contributed by atoms with E-state index in [0.29, 0.717) is 0 Å². The summed E-state index contributed by atoms with van der Waals surface area (Å²) in [7, 11) is 0. The Morgan fingerprint density at radius 3 is 1.83 bits per heavy atom. The number of nitrogens with one attached hydrogen (secondary N) is 1. The van der Waals surface area contributed by atoms with E-state index in [2.05, 4.69) is 29.6 Å². The molecule has 1 heterocycles. The molecule has 3 rings (SSSR count). The normalized spacial score (nSPS) is 20.4. The van der Waals surface area contributed by atoms with Crippen LogP contribution in [-0.4, -0.2) is 31.5 Å². The van der Waals surface area contributed by atoms with Crippen molar-refractivity contribution in [1.82, 2.24) is 5.32 Å². The maximum Gasteiger partial charge on any atom is 1.00 e. The minimum absolute atomic E-state index is 0. The number of aliphatic carboxylic acids is 1. The summed E-state index contributed by atoms with van der Waals surface area (Å²) in [5.74, 6) is -1.34. The second-order valence-electron chi connectivity index (χ2n) is 5.44. The van der Waals surface area contributed by atoms with Gasteiger partial charge in [0.1, 0.15) is 0 Å². The van der Waals surface area contributed by atoms with Crippen molar-refractivity contribution >= 4 is 5.97 Å². The zero-order valence-electron chi connectivity index (χ0n) is 13.6. The molecule has 0 saturated carbocycles. The smallest absolute Gasteiger partial charge is 0.545 e. The molecule has 2 aromatic rings. The van der Waals surface area contributed by atoms with Crippen molar-refractivity contribution in [1.29, 1.82) is 0 Å². The van der Waals surface area contributed by atoms with Crippen LogP contribution in [0.4, 0.5) is 0 Å². The number of rotatable bonds is 5. The van der Waals surface area contributed by atoms with Gasteiger partial charge in [-0.15, -0.1) is 0 Å². The first-order valence-electron chi connectivity index (χ1n) is 7.54. The molecule has 24 heavy (non-hydrogen) atoms. The molecule has 120 valence electrons. The van der Waals surface area contributed by atoms with Gasteiger partial charge in [0.2, 0.25) is 0 Å². The predicted molar refractivity (Wildman–Crippen MR) is 82.3 cm³/mol. The summed E-state index contributed by atoms with van der Waals surface area (Å²) in [5, 5.41) is 14.2. The Morgan fingerprint density at radius 2 is 1.42 bits per heavy atom. The summed E-state index contributed by atoms with van der Waals surface area (Å²) in [6.07, 6.45) is -1.28. The Labute approximate surface area is 153 Å². The van der Waals surface area contributed by atoms with Crippen LogP contribution >= 0.6 is 0 Å². The monoisotopic (exact) mass is 319 g/mol. The fourth-order valence-electron chi connectivity index (χ4n) is 2.65. The average Bonchev–Trinajstić information content (AvgIpc) is 2.61. The molecule has 2 aromatic carbocycles. The maximum absolute atomic E-state index is 10.7. The Hall–Kier alpha value is -1.61. The third kappa shape index (κ3) is 4.70. The van der Waals surface area contributed by atoms with Crippen LogP contribution in [0, 0.1) is 0 Å². The number of carbonyl (C=O) groups is 1. The molecular formula is C18H18LiNO4. The van der Waals surface area contributed by atoms with Crippen molar-refractivity contribution in [2.24, 2.45) is 0 Å². The van der Waals surface area contributed by atoms with E-state index in [4.69, 9.17) is 9.47 Å². The largest absolute Gasteiger partial charge is 1.00 e. The van der Waals surface area contributed by atoms with Crippen LogP contribution < -0.4 is 29.3 Å². The SMILES string of the molecule is O=C([O-])[C@H]1OC[C@H](NC(c2ccccc2)c2ccccc2)CO1.[Li+]. The topological polar surface area (TPSA) is 70.6 Å². The first kappa shape index (κ1) is 18.7. The molecule has 0 radical (unpaired) electrons. The van der Waals surface area contributed by atoms with Crippen molar-refractivity contribution in [2.45, 2.75) is 18.4 Å². The molecule has 1 aliphatic rings. The zero-order chi connectivity index (χ0) is 16.1. The van der Waals surface area contributed by atoms with E-state index < -0.39 is 12.3 Å². The Balaban J connectivity index is 0.00000208. The summed E-state index contributed by atoms with van der Waals surface area (Å²) in [6.45, 7) is 0.517. The van der Waals surface area contributed by atoms with Crippen LogP contribution in [0.1, 0.15) is 17.2 Å². The molecular weight excluding hydrogens is 301 g/mol. The second-order valence-corrected chi connectivity index (χ2v) is 5.44.